The predicted molar refractivity (Wildman–Crippen MR) is 107 cm³/mol. The fourth-order valence-corrected chi connectivity index (χ4v) is 3.73. The second-order valence-electron chi connectivity index (χ2n) is 6.75. The standard InChI is InChI=1S/C23H22N2O2/c1-16-22(19-10-6-7-11-20(19)24-16)21-13-12-18(23(26)27-2)15-25(21)14-17-8-4-3-5-9-17/h3-13,15,21,24H,14H2,1-2H3. The molecular formula is C23H22N2O2. The van der Waals surface area contributed by atoms with E-state index >= 15 is 0 Å². The predicted octanol–water partition coefficient (Wildman–Crippen LogP) is 4.65. The van der Waals surface area contributed by atoms with Crippen molar-refractivity contribution in [1.29, 1.82) is 0 Å². The molecule has 0 spiro atoms. The Hall–Kier alpha value is -3.27. The fraction of sp³-hybridized carbons (Fsp3) is 0.174. The number of aromatic amines is 1. The number of rotatable bonds is 4. The normalized spacial score (nSPS) is 16.4. The van der Waals surface area contributed by atoms with Gasteiger partial charge in [-0.05, 0) is 24.6 Å². The Balaban J connectivity index is 1.78. The topological polar surface area (TPSA) is 45.3 Å². The van der Waals surface area contributed by atoms with E-state index in [1.54, 1.807) is 0 Å². The van der Waals surface area contributed by atoms with Crippen LogP contribution in [0.3, 0.4) is 0 Å². The van der Waals surface area contributed by atoms with Gasteiger partial charge in [-0.25, -0.2) is 4.79 Å². The van der Waals surface area contributed by atoms with Gasteiger partial charge in [0.15, 0.2) is 0 Å². The number of aromatic nitrogens is 1. The van der Waals surface area contributed by atoms with E-state index in [1.165, 1.54) is 23.6 Å². The van der Waals surface area contributed by atoms with Crippen LogP contribution in [0.1, 0.15) is 22.9 Å². The molecule has 0 amide bonds. The third-order valence-corrected chi connectivity index (χ3v) is 4.99. The van der Waals surface area contributed by atoms with Gasteiger partial charge < -0.3 is 14.6 Å². The third-order valence-electron chi connectivity index (χ3n) is 4.99. The molecule has 2 aromatic carbocycles. The smallest absolute Gasteiger partial charge is 0.339 e. The van der Waals surface area contributed by atoms with Crippen LogP contribution < -0.4 is 0 Å². The largest absolute Gasteiger partial charge is 0.465 e. The van der Waals surface area contributed by atoms with Gasteiger partial charge in [-0.2, -0.15) is 0 Å². The molecule has 0 saturated carbocycles. The number of hydrogen-bond acceptors (Lipinski definition) is 3. The SMILES string of the molecule is COC(=O)C1=CN(Cc2ccccc2)C(c2c(C)[nH]c3ccccc23)C=C1. The minimum absolute atomic E-state index is 0.0368. The molecular weight excluding hydrogens is 336 g/mol. The molecule has 1 atom stereocenters. The maximum absolute atomic E-state index is 12.1. The van der Waals surface area contributed by atoms with Crippen LogP contribution in [-0.4, -0.2) is 23.0 Å². The Bertz CT molecular complexity index is 1030. The lowest BCUT2D eigenvalue weighted by molar-refractivity contribution is -0.135. The summed E-state index contributed by atoms with van der Waals surface area (Å²) in [5.74, 6) is -0.321. The highest BCUT2D eigenvalue weighted by Crippen LogP contribution is 2.36. The van der Waals surface area contributed by atoms with Gasteiger partial charge in [0, 0.05) is 34.9 Å². The number of hydrogen-bond donors (Lipinski definition) is 1. The monoisotopic (exact) mass is 358 g/mol. The van der Waals surface area contributed by atoms with Crippen LogP contribution in [0.15, 0.2) is 78.5 Å². The van der Waals surface area contributed by atoms with Crippen LogP contribution >= 0.6 is 0 Å². The average molecular weight is 358 g/mol. The number of carbonyl (C=O) groups excluding carboxylic acids is 1. The van der Waals surface area contributed by atoms with Gasteiger partial charge in [0.2, 0.25) is 0 Å². The van der Waals surface area contributed by atoms with Crippen molar-refractivity contribution in [1.82, 2.24) is 9.88 Å². The molecule has 0 aliphatic carbocycles. The maximum atomic E-state index is 12.1. The Labute approximate surface area is 158 Å². The van der Waals surface area contributed by atoms with Crippen molar-refractivity contribution in [2.75, 3.05) is 7.11 Å². The van der Waals surface area contributed by atoms with Crippen LogP contribution in [0, 0.1) is 6.92 Å². The summed E-state index contributed by atoms with van der Waals surface area (Å²) in [6, 6.07) is 18.6. The second-order valence-corrected chi connectivity index (χ2v) is 6.75. The molecule has 4 heteroatoms. The van der Waals surface area contributed by atoms with Gasteiger partial charge in [0.05, 0.1) is 18.7 Å². The molecule has 0 saturated heterocycles. The number of benzene rings is 2. The molecule has 1 unspecified atom stereocenters. The molecule has 2 heterocycles. The van der Waals surface area contributed by atoms with E-state index in [9.17, 15) is 4.79 Å². The Morgan fingerprint density at radius 2 is 1.85 bits per heavy atom. The van der Waals surface area contributed by atoms with Crippen molar-refractivity contribution in [2.45, 2.75) is 19.5 Å². The average Bonchev–Trinajstić information content (AvgIpc) is 3.04. The van der Waals surface area contributed by atoms with Gasteiger partial charge >= 0.3 is 5.97 Å². The lowest BCUT2D eigenvalue weighted by atomic mass is 9.97. The van der Waals surface area contributed by atoms with Gasteiger partial charge in [0.25, 0.3) is 0 Å². The zero-order chi connectivity index (χ0) is 18.8. The molecule has 27 heavy (non-hydrogen) atoms. The van der Waals surface area contributed by atoms with E-state index in [-0.39, 0.29) is 12.0 Å². The molecule has 1 aliphatic heterocycles. The number of esters is 1. The summed E-state index contributed by atoms with van der Waals surface area (Å²) < 4.78 is 4.92. The molecule has 3 aromatic rings. The summed E-state index contributed by atoms with van der Waals surface area (Å²) in [4.78, 5) is 17.7. The number of aryl methyl sites for hydroxylation is 1. The lowest BCUT2D eigenvalue weighted by Gasteiger charge is -2.32. The minimum Gasteiger partial charge on any atom is -0.465 e. The van der Waals surface area contributed by atoms with Gasteiger partial charge in [-0.3, -0.25) is 0 Å². The summed E-state index contributed by atoms with van der Waals surface area (Å²) >= 11 is 0. The molecule has 0 bridgehead atoms. The molecule has 0 radical (unpaired) electrons. The zero-order valence-electron chi connectivity index (χ0n) is 15.5. The summed E-state index contributed by atoms with van der Waals surface area (Å²) in [6.45, 7) is 2.80. The first-order valence-corrected chi connectivity index (χ1v) is 9.02. The van der Waals surface area contributed by atoms with Crippen molar-refractivity contribution in [3.63, 3.8) is 0 Å². The molecule has 4 rings (SSSR count). The maximum Gasteiger partial charge on any atom is 0.339 e. The van der Waals surface area contributed by atoms with Crippen LogP contribution in [0.2, 0.25) is 0 Å². The summed E-state index contributed by atoms with van der Waals surface area (Å²) in [5.41, 5.74) is 5.25. The molecule has 4 nitrogen and oxygen atoms in total. The van der Waals surface area contributed by atoms with E-state index in [0.29, 0.717) is 12.1 Å². The molecule has 1 aromatic heterocycles. The van der Waals surface area contributed by atoms with E-state index in [0.717, 1.165) is 11.2 Å². The molecule has 0 fully saturated rings. The van der Waals surface area contributed by atoms with Crippen molar-refractivity contribution < 1.29 is 9.53 Å². The zero-order valence-corrected chi connectivity index (χ0v) is 15.5. The quantitative estimate of drug-likeness (QED) is 0.691. The third kappa shape index (κ3) is 3.26. The first kappa shape index (κ1) is 17.2. The summed E-state index contributed by atoms with van der Waals surface area (Å²) in [7, 11) is 1.41. The number of ether oxygens (including phenoxy) is 1. The Morgan fingerprint density at radius 3 is 2.63 bits per heavy atom. The second kappa shape index (κ2) is 7.16. The summed E-state index contributed by atoms with van der Waals surface area (Å²) in [5, 5.41) is 1.21. The number of methoxy groups -OCH3 is 1. The van der Waals surface area contributed by atoms with Crippen molar-refractivity contribution in [2.24, 2.45) is 0 Å². The highest BCUT2D eigenvalue weighted by atomic mass is 16.5. The lowest BCUT2D eigenvalue weighted by Crippen LogP contribution is -2.26. The van der Waals surface area contributed by atoms with E-state index in [1.807, 2.05) is 36.5 Å². The van der Waals surface area contributed by atoms with Crippen LogP contribution in [-0.2, 0) is 16.1 Å². The van der Waals surface area contributed by atoms with Gasteiger partial charge in [0.1, 0.15) is 0 Å². The van der Waals surface area contributed by atoms with E-state index in [2.05, 4.69) is 53.2 Å². The first-order valence-electron chi connectivity index (χ1n) is 9.02. The van der Waals surface area contributed by atoms with Crippen LogP contribution in [0.25, 0.3) is 10.9 Å². The number of fused-ring (bicyclic) bond motifs is 1. The number of carbonyl (C=O) groups is 1. The number of H-pyrrole nitrogens is 1. The highest BCUT2D eigenvalue weighted by molar-refractivity contribution is 5.92. The Morgan fingerprint density at radius 1 is 1.11 bits per heavy atom. The number of nitrogens with one attached hydrogen (secondary N) is 1. The van der Waals surface area contributed by atoms with Gasteiger partial charge in [-0.15, -0.1) is 0 Å². The van der Waals surface area contributed by atoms with E-state index in [4.69, 9.17) is 4.74 Å². The number of nitrogens with zero attached hydrogens (tertiary/aromatic N) is 1. The number of para-hydroxylation sites is 1. The fourth-order valence-electron chi connectivity index (χ4n) is 3.73. The minimum atomic E-state index is -0.321. The van der Waals surface area contributed by atoms with E-state index < -0.39 is 0 Å². The van der Waals surface area contributed by atoms with Crippen molar-refractivity contribution in [3.05, 3.63) is 95.3 Å². The molecule has 1 aliphatic rings. The van der Waals surface area contributed by atoms with Gasteiger partial charge in [-0.1, -0.05) is 54.6 Å². The molecule has 136 valence electrons. The Kier molecular flexibility index (Phi) is 4.55. The van der Waals surface area contributed by atoms with Crippen molar-refractivity contribution >= 4 is 16.9 Å². The van der Waals surface area contributed by atoms with Crippen LogP contribution in [0.5, 0.6) is 0 Å². The van der Waals surface area contributed by atoms with Crippen LogP contribution in [0.4, 0.5) is 0 Å². The molecule has 1 N–H and O–H groups in total. The summed E-state index contributed by atoms with van der Waals surface area (Å²) in [6.07, 6.45) is 5.85. The first-order chi connectivity index (χ1) is 13.2. The van der Waals surface area contributed by atoms with Crippen molar-refractivity contribution in [3.8, 4) is 0 Å². The highest BCUT2D eigenvalue weighted by Gasteiger charge is 2.26.